The topological polar surface area (TPSA) is 93.1 Å². The molecule has 1 aliphatic heterocycles. The summed E-state index contributed by atoms with van der Waals surface area (Å²) in [6.45, 7) is 8.69. The summed E-state index contributed by atoms with van der Waals surface area (Å²) in [4.78, 5) is 24.4. The van der Waals surface area contributed by atoms with Gasteiger partial charge in [-0.1, -0.05) is 24.3 Å². The zero-order valence-corrected chi connectivity index (χ0v) is 15.4. The van der Waals surface area contributed by atoms with Gasteiger partial charge in [0, 0.05) is 12.0 Å². The van der Waals surface area contributed by atoms with E-state index >= 15 is 0 Å². The lowest BCUT2D eigenvalue weighted by atomic mass is 9.85. The molecule has 0 bridgehead atoms. The molecule has 2 aliphatic rings. The number of rotatable bonds is 3. The molecule has 1 saturated heterocycles. The molecule has 0 amide bonds. The van der Waals surface area contributed by atoms with E-state index in [0.717, 1.165) is 5.57 Å². The van der Waals surface area contributed by atoms with E-state index in [-0.39, 0.29) is 11.1 Å². The summed E-state index contributed by atoms with van der Waals surface area (Å²) in [6.07, 6.45) is 3.91. The highest BCUT2D eigenvalue weighted by Crippen LogP contribution is 2.36. The third-order valence-corrected chi connectivity index (χ3v) is 4.87. The van der Waals surface area contributed by atoms with Crippen molar-refractivity contribution in [1.82, 2.24) is 0 Å². The van der Waals surface area contributed by atoms with Gasteiger partial charge in [-0.05, 0) is 38.8 Å². The van der Waals surface area contributed by atoms with Crippen LogP contribution in [0.5, 0.6) is 0 Å². The normalized spacial score (nSPS) is 30.1. The maximum atomic E-state index is 12.3. The van der Waals surface area contributed by atoms with Crippen LogP contribution in [0.1, 0.15) is 33.6 Å². The van der Waals surface area contributed by atoms with Crippen LogP contribution >= 0.6 is 0 Å². The fourth-order valence-electron chi connectivity index (χ4n) is 3.18. The average molecular weight is 362 g/mol. The standard InChI is InChI=1S/C20H26O6/c1-5-14(10-21)20(24)26-16-8-11(2)6-7-15(22)12(3)9-17-18(16)13(4)19(23)25-17/h5-6,9,15-18,21-22H,4,7-8,10H2,1-3H3. The van der Waals surface area contributed by atoms with Crippen molar-refractivity contribution in [1.29, 1.82) is 0 Å². The van der Waals surface area contributed by atoms with E-state index in [9.17, 15) is 19.8 Å². The molecule has 1 aliphatic carbocycles. The van der Waals surface area contributed by atoms with Gasteiger partial charge in [0.1, 0.15) is 12.2 Å². The molecule has 4 unspecified atom stereocenters. The number of allylic oxidation sites excluding steroid dienone is 1. The maximum Gasteiger partial charge on any atom is 0.336 e. The van der Waals surface area contributed by atoms with E-state index in [4.69, 9.17) is 9.47 Å². The van der Waals surface area contributed by atoms with Crippen LogP contribution in [0.25, 0.3) is 0 Å². The van der Waals surface area contributed by atoms with Crippen molar-refractivity contribution in [3.63, 3.8) is 0 Å². The van der Waals surface area contributed by atoms with E-state index in [0.29, 0.717) is 18.4 Å². The van der Waals surface area contributed by atoms with Crippen LogP contribution in [-0.2, 0) is 19.1 Å². The number of ether oxygens (including phenoxy) is 2. The number of aliphatic hydroxyl groups excluding tert-OH is 2. The highest BCUT2D eigenvalue weighted by atomic mass is 16.6. The van der Waals surface area contributed by atoms with E-state index < -0.39 is 42.8 Å². The largest absolute Gasteiger partial charge is 0.458 e. The average Bonchev–Trinajstić information content (AvgIpc) is 2.86. The lowest BCUT2D eigenvalue weighted by Crippen LogP contribution is -2.34. The zero-order chi connectivity index (χ0) is 19.4. The van der Waals surface area contributed by atoms with Gasteiger partial charge in [-0.3, -0.25) is 0 Å². The Morgan fingerprint density at radius 3 is 2.77 bits per heavy atom. The van der Waals surface area contributed by atoms with Crippen molar-refractivity contribution < 1.29 is 29.3 Å². The first kappa shape index (κ1) is 20.1. The Morgan fingerprint density at radius 1 is 1.46 bits per heavy atom. The van der Waals surface area contributed by atoms with Crippen molar-refractivity contribution in [3.8, 4) is 0 Å². The zero-order valence-electron chi connectivity index (χ0n) is 15.4. The first-order valence-corrected chi connectivity index (χ1v) is 8.67. The molecule has 0 aromatic rings. The number of carbonyl (C=O) groups is 2. The van der Waals surface area contributed by atoms with Crippen LogP contribution in [0.4, 0.5) is 0 Å². The summed E-state index contributed by atoms with van der Waals surface area (Å²) in [5.74, 6) is -1.71. The van der Waals surface area contributed by atoms with E-state index in [2.05, 4.69) is 6.58 Å². The van der Waals surface area contributed by atoms with Gasteiger partial charge in [-0.25, -0.2) is 9.59 Å². The molecule has 6 nitrogen and oxygen atoms in total. The summed E-state index contributed by atoms with van der Waals surface area (Å²) in [5.41, 5.74) is 2.00. The lowest BCUT2D eigenvalue weighted by molar-refractivity contribution is -0.147. The maximum absolute atomic E-state index is 12.3. The van der Waals surface area contributed by atoms with Crippen LogP contribution in [0, 0.1) is 5.92 Å². The molecule has 2 N–H and O–H groups in total. The second kappa shape index (κ2) is 8.47. The fourth-order valence-corrected chi connectivity index (χ4v) is 3.18. The second-order valence-corrected chi connectivity index (χ2v) is 6.75. The molecule has 1 heterocycles. The Labute approximate surface area is 153 Å². The van der Waals surface area contributed by atoms with Crippen LogP contribution in [0.2, 0.25) is 0 Å². The molecule has 6 heteroatoms. The minimum atomic E-state index is -0.665. The molecule has 142 valence electrons. The molecule has 0 aromatic carbocycles. The summed E-state index contributed by atoms with van der Waals surface area (Å²) in [7, 11) is 0. The van der Waals surface area contributed by atoms with Crippen molar-refractivity contribution >= 4 is 11.9 Å². The van der Waals surface area contributed by atoms with Crippen molar-refractivity contribution in [3.05, 3.63) is 47.1 Å². The number of hydrogen-bond donors (Lipinski definition) is 2. The van der Waals surface area contributed by atoms with Gasteiger partial charge < -0.3 is 19.7 Å². The predicted octanol–water partition coefficient (Wildman–Crippen LogP) is 1.98. The monoisotopic (exact) mass is 362 g/mol. The van der Waals surface area contributed by atoms with Crippen LogP contribution in [-0.4, -0.2) is 47.1 Å². The molecule has 26 heavy (non-hydrogen) atoms. The van der Waals surface area contributed by atoms with Crippen LogP contribution < -0.4 is 0 Å². The third-order valence-electron chi connectivity index (χ3n) is 4.87. The first-order valence-electron chi connectivity index (χ1n) is 8.67. The Bertz CT molecular complexity index is 684. The summed E-state index contributed by atoms with van der Waals surface area (Å²) < 4.78 is 11.0. The number of fused-ring (bicyclic) bond motifs is 1. The Hall–Kier alpha value is -2.18. The van der Waals surface area contributed by atoms with Crippen LogP contribution in [0.3, 0.4) is 0 Å². The molecule has 0 aromatic heterocycles. The summed E-state index contributed by atoms with van der Waals surface area (Å²) >= 11 is 0. The van der Waals surface area contributed by atoms with Gasteiger partial charge in [-0.2, -0.15) is 0 Å². The summed E-state index contributed by atoms with van der Waals surface area (Å²) in [5, 5.41) is 19.5. The fraction of sp³-hybridized carbons (Fsp3) is 0.500. The van der Waals surface area contributed by atoms with Crippen molar-refractivity contribution in [2.24, 2.45) is 5.92 Å². The van der Waals surface area contributed by atoms with Gasteiger partial charge >= 0.3 is 11.9 Å². The number of hydrogen-bond acceptors (Lipinski definition) is 6. The number of carbonyl (C=O) groups excluding carboxylic acids is 2. The minimum absolute atomic E-state index is 0.151. The molecule has 1 fully saturated rings. The van der Waals surface area contributed by atoms with Gasteiger partial charge in [0.2, 0.25) is 0 Å². The lowest BCUT2D eigenvalue weighted by Gasteiger charge is -2.28. The van der Waals surface area contributed by atoms with Gasteiger partial charge in [0.15, 0.2) is 0 Å². The number of esters is 2. The second-order valence-electron chi connectivity index (χ2n) is 6.75. The quantitative estimate of drug-likeness (QED) is 0.453. The molecule has 2 rings (SSSR count). The highest BCUT2D eigenvalue weighted by Gasteiger charge is 2.44. The Morgan fingerprint density at radius 2 is 2.15 bits per heavy atom. The first-order chi connectivity index (χ1) is 12.3. The predicted molar refractivity (Wildman–Crippen MR) is 96.0 cm³/mol. The van der Waals surface area contributed by atoms with Crippen molar-refractivity contribution in [2.45, 2.75) is 51.9 Å². The molecule has 0 spiro atoms. The van der Waals surface area contributed by atoms with Gasteiger partial charge in [0.05, 0.1) is 24.2 Å². The van der Waals surface area contributed by atoms with Crippen LogP contribution in [0.15, 0.2) is 47.1 Å². The molecular formula is C20H26O6. The van der Waals surface area contributed by atoms with E-state index in [1.54, 1.807) is 19.9 Å². The Balaban J connectivity index is 2.41. The smallest absolute Gasteiger partial charge is 0.336 e. The summed E-state index contributed by atoms with van der Waals surface area (Å²) in [6, 6.07) is 0. The highest BCUT2D eigenvalue weighted by molar-refractivity contribution is 5.92. The Kier molecular flexibility index (Phi) is 6.56. The molecule has 4 atom stereocenters. The van der Waals surface area contributed by atoms with Crippen molar-refractivity contribution in [2.75, 3.05) is 6.61 Å². The van der Waals surface area contributed by atoms with Gasteiger partial charge in [0.25, 0.3) is 0 Å². The minimum Gasteiger partial charge on any atom is -0.458 e. The van der Waals surface area contributed by atoms with Gasteiger partial charge in [-0.15, -0.1) is 0 Å². The van der Waals surface area contributed by atoms with E-state index in [1.807, 2.05) is 13.0 Å². The molecule has 0 radical (unpaired) electrons. The SMILES string of the molecule is C=C1C(=O)OC2C=C(C)C(O)CC=C(C)CC(OC(=O)C(=CC)CO)C12. The number of aliphatic hydroxyl groups is 2. The third kappa shape index (κ3) is 4.31. The van der Waals surface area contributed by atoms with E-state index in [1.165, 1.54) is 6.08 Å². The molecular weight excluding hydrogens is 336 g/mol. The molecule has 0 saturated carbocycles.